The van der Waals surface area contributed by atoms with Crippen LogP contribution in [0.5, 0.6) is 0 Å². The molecule has 2 aliphatic heterocycles. The van der Waals surface area contributed by atoms with E-state index in [0.717, 1.165) is 63.2 Å². The number of nitrogens with zero attached hydrogens (tertiary/aromatic N) is 2. The maximum atomic E-state index is 13.2. The number of hydrogen-bond acceptors (Lipinski definition) is 7. The highest BCUT2D eigenvalue weighted by molar-refractivity contribution is 6.22. The fourth-order valence-corrected chi connectivity index (χ4v) is 5.77. The zero-order valence-electron chi connectivity index (χ0n) is 22.2. The number of fused-ring (bicyclic) bond motifs is 3. The van der Waals surface area contributed by atoms with Crippen LogP contribution in [0.15, 0.2) is 36.4 Å². The molecule has 5 rings (SSSR count). The molecule has 2 aromatic rings. The number of likely N-dealkylation sites (tertiary alicyclic amines) is 2. The molecule has 2 aromatic carbocycles. The first-order chi connectivity index (χ1) is 18.6. The summed E-state index contributed by atoms with van der Waals surface area (Å²) < 4.78 is 11.0. The Hall–Kier alpha value is -3.03. The first-order valence-electron chi connectivity index (χ1n) is 14.2. The largest absolute Gasteiger partial charge is 0.462 e. The molecule has 2 saturated heterocycles. The van der Waals surface area contributed by atoms with Crippen LogP contribution < -0.4 is 0 Å². The summed E-state index contributed by atoms with van der Waals surface area (Å²) in [5.74, 6) is -1.01. The van der Waals surface area contributed by atoms with Gasteiger partial charge in [0.25, 0.3) is 0 Å². The van der Waals surface area contributed by atoms with Gasteiger partial charge in [-0.25, -0.2) is 9.59 Å². The lowest BCUT2D eigenvalue weighted by atomic mass is 10.0. The Morgan fingerprint density at radius 2 is 1.03 bits per heavy atom. The molecule has 1 aliphatic carbocycles. The Morgan fingerprint density at radius 1 is 0.605 bits per heavy atom. The number of carbonyl (C=O) groups is 3. The van der Waals surface area contributed by atoms with E-state index in [1.807, 2.05) is 0 Å². The van der Waals surface area contributed by atoms with Crippen LogP contribution >= 0.6 is 0 Å². The number of piperidine rings is 2. The Kier molecular flexibility index (Phi) is 8.86. The number of ether oxygens (including phenoxy) is 2. The predicted octanol–water partition coefficient (Wildman–Crippen LogP) is 4.96. The van der Waals surface area contributed by atoms with Crippen molar-refractivity contribution in [2.75, 3.05) is 52.5 Å². The second-order valence-corrected chi connectivity index (χ2v) is 10.6. The Labute approximate surface area is 225 Å². The average molecular weight is 519 g/mol. The minimum Gasteiger partial charge on any atom is -0.462 e. The van der Waals surface area contributed by atoms with Crippen LogP contribution in [-0.2, 0) is 9.47 Å². The highest BCUT2D eigenvalue weighted by Crippen LogP contribution is 2.37. The van der Waals surface area contributed by atoms with Gasteiger partial charge in [-0.3, -0.25) is 4.79 Å². The quantitative estimate of drug-likeness (QED) is 0.277. The van der Waals surface area contributed by atoms with Crippen LogP contribution in [-0.4, -0.2) is 80.0 Å². The zero-order chi connectivity index (χ0) is 26.3. The van der Waals surface area contributed by atoms with E-state index in [-0.39, 0.29) is 5.78 Å². The number of esters is 2. The molecule has 0 atom stereocenters. The average Bonchev–Trinajstić information content (AvgIpc) is 3.25. The maximum absolute atomic E-state index is 13.2. The fraction of sp³-hybridized carbons (Fsp3) is 0.516. The Morgan fingerprint density at radius 3 is 1.45 bits per heavy atom. The minimum absolute atomic E-state index is 0.186. The van der Waals surface area contributed by atoms with Gasteiger partial charge in [0.05, 0.1) is 24.3 Å². The summed E-state index contributed by atoms with van der Waals surface area (Å²) in [7, 11) is 0. The summed E-state index contributed by atoms with van der Waals surface area (Å²) in [5.41, 5.74) is 3.22. The molecule has 0 unspecified atom stereocenters. The van der Waals surface area contributed by atoms with Crippen molar-refractivity contribution in [2.24, 2.45) is 0 Å². The maximum Gasteiger partial charge on any atom is 0.338 e. The van der Waals surface area contributed by atoms with Crippen molar-refractivity contribution in [3.63, 3.8) is 0 Å². The molecule has 2 fully saturated rings. The first kappa shape index (κ1) is 26.6. The van der Waals surface area contributed by atoms with Gasteiger partial charge in [-0.1, -0.05) is 25.0 Å². The molecular formula is C31H38N2O5. The van der Waals surface area contributed by atoms with Gasteiger partial charge in [-0.2, -0.15) is 0 Å². The first-order valence-corrected chi connectivity index (χ1v) is 14.2. The molecule has 0 spiro atoms. The van der Waals surface area contributed by atoms with Gasteiger partial charge in [0, 0.05) is 24.2 Å². The van der Waals surface area contributed by atoms with E-state index in [1.165, 1.54) is 38.5 Å². The molecule has 7 nitrogen and oxygen atoms in total. The highest BCUT2D eigenvalue weighted by atomic mass is 16.5. The second kappa shape index (κ2) is 12.7. The van der Waals surface area contributed by atoms with Crippen LogP contribution in [0.2, 0.25) is 0 Å². The minimum atomic E-state index is -0.413. The molecule has 0 amide bonds. The third-order valence-corrected chi connectivity index (χ3v) is 7.89. The molecule has 2 heterocycles. The molecule has 3 aliphatic rings. The van der Waals surface area contributed by atoms with Crippen LogP contribution in [0, 0.1) is 0 Å². The smallest absolute Gasteiger partial charge is 0.338 e. The molecule has 7 heteroatoms. The Bertz CT molecular complexity index is 1080. The van der Waals surface area contributed by atoms with Crippen LogP contribution in [0.3, 0.4) is 0 Å². The summed E-state index contributed by atoms with van der Waals surface area (Å²) in [5, 5.41) is 0. The number of ketones is 1. The van der Waals surface area contributed by atoms with E-state index in [2.05, 4.69) is 9.80 Å². The lowest BCUT2D eigenvalue weighted by Crippen LogP contribution is -2.31. The Balaban J connectivity index is 1.14. The number of benzene rings is 2. The molecule has 0 N–H and O–H groups in total. The van der Waals surface area contributed by atoms with Crippen molar-refractivity contribution in [2.45, 2.75) is 51.4 Å². The fourth-order valence-electron chi connectivity index (χ4n) is 5.77. The lowest BCUT2D eigenvalue weighted by molar-refractivity contribution is 0.0476. The highest BCUT2D eigenvalue weighted by Gasteiger charge is 2.29. The van der Waals surface area contributed by atoms with Gasteiger partial charge >= 0.3 is 11.9 Å². The zero-order valence-corrected chi connectivity index (χ0v) is 22.2. The number of hydrogen-bond donors (Lipinski definition) is 0. The van der Waals surface area contributed by atoms with E-state index in [4.69, 9.17) is 9.47 Å². The predicted molar refractivity (Wildman–Crippen MR) is 146 cm³/mol. The van der Waals surface area contributed by atoms with Crippen LogP contribution in [0.1, 0.15) is 88.0 Å². The number of rotatable bonds is 10. The summed E-state index contributed by atoms with van der Waals surface area (Å²) in [4.78, 5) is 43.3. The second-order valence-electron chi connectivity index (χ2n) is 10.6. The summed E-state index contributed by atoms with van der Waals surface area (Å²) in [6.07, 6.45) is 9.18. The van der Waals surface area contributed by atoms with Crippen molar-refractivity contribution >= 4 is 17.7 Å². The van der Waals surface area contributed by atoms with E-state index in [0.29, 0.717) is 35.5 Å². The molecule has 0 saturated carbocycles. The van der Waals surface area contributed by atoms with E-state index >= 15 is 0 Å². The molecule has 202 valence electrons. The normalized spacial score (nSPS) is 17.6. The van der Waals surface area contributed by atoms with E-state index < -0.39 is 11.9 Å². The molecule has 0 aromatic heterocycles. The molecule has 0 bridgehead atoms. The topological polar surface area (TPSA) is 76.1 Å². The molecule has 38 heavy (non-hydrogen) atoms. The number of carbonyl (C=O) groups excluding carboxylic acids is 3. The van der Waals surface area contributed by atoms with Crippen LogP contribution in [0.25, 0.3) is 11.1 Å². The van der Waals surface area contributed by atoms with Crippen molar-refractivity contribution in [1.82, 2.24) is 9.80 Å². The van der Waals surface area contributed by atoms with Crippen molar-refractivity contribution in [1.29, 1.82) is 0 Å². The monoisotopic (exact) mass is 518 g/mol. The SMILES string of the molecule is O=C(OCCCN1CCCCC1)c1ccc2c(c1)C(=O)c1cc(C(=O)OCCCN3CCCCC3)ccc1-2. The third kappa shape index (κ3) is 6.33. The van der Waals surface area contributed by atoms with E-state index in [1.54, 1.807) is 36.4 Å². The third-order valence-electron chi connectivity index (χ3n) is 7.89. The van der Waals surface area contributed by atoms with Gasteiger partial charge < -0.3 is 19.3 Å². The molecular weight excluding hydrogens is 480 g/mol. The van der Waals surface area contributed by atoms with Gasteiger partial charge in [-0.15, -0.1) is 0 Å². The lowest BCUT2D eigenvalue weighted by Gasteiger charge is -2.26. The van der Waals surface area contributed by atoms with Crippen molar-refractivity contribution < 1.29 is 23.9 Å². The summed E-state index contributed by atoms with van der Waals surface area (Å²) in [6.45, 7) is 7.11. The standard InChI is InChI=1S/C31H38N2O5/c34-29-27-21-23(30(35)37-19-7-17-32-13-3-1-4-14-32)9-11-25(27)26-12-10-24(22-28(26)29)31(36)38-20-8-18-33-15-5-2-6-16-33/h9-12,21-22H,1-8,13-20H2. The van der Waals surface area contributed by atoms with Gasteiger partial charge in [0.1, 0.15) is 0 Å². The summed E-state index contributed by atoms with van der Waals surface area (Å²) >= 11 is 0. The summed E-state index contributed by atoms with van der Waals surface area (Å²) in [6, 6.07) is 10.2. The molecule has 0 radical (unpaired) electrons. The van der Waals surface area contributed by atoms with Crippen molar-refractivity contribution in [3.8, 4) is 11.1 Å². The van der Waals surface area contributed by atoms with Crippen LogP contribution in [0.4, 0.5) is 0 Å². The van der Waals surface area contributed by atoms with Crippen molar-refractivity contribution in [3.05, 3.63) is 58.7 Å². The van der Waals surface area contributed by atoms with Gasteiger partial charge in [-0.05, 0) is 100 Å². The van der Waals surface area contributed by atoms with Gasteiger partial charge in [0.2, 0.25) is 0 Å². The van der Waals surface area contributed by atoms with Gasteiger partial charge in [0.15, 0.2) is 5.78 Å². The van der Waals surface area contributed by atoms with E-state index in [9.17, 15) is 14.4 Å².